The van der Waals surface area contributed by atoms with E-state index in [1.54, 1.807) is 24.3 Å². The second kappa shape index (κ2) is 8.28. The largest absolute Gasteiger partial charge is 0.341 e. The fourth-order valence-corrected chi connectivity index (χ4v) is 3.40. The SMILES string of the molecule is CC.CCn1c2ccccc2c2cc(NC(=O)c3ccc(Cl)cc3)ccc21. The van der Waals surface area contributed by atoms with E-state index < -0.39 is 0 Å². The van der Waals surface area contributed by atoms with Gasteiger partial charge in [0, 0.05) is 44.6 Å². The molecule has 1 N–H and O–H groups in total. The van der Waals surface area contributed by atoms with Crippen molar-refractivity contribution in [3.63, 3.8) is 0 Å². The summed E-state index contributed by atoms with van der Waals surface area (Å²) in [4.78, 5) is 12.4. The van der Waals surface area contributed by atoms with Crippen molar-refractivity contribution in [2.24, 2.45) is 0 Å². The average Bonchev–Trinajstić information content (AvgIpc) is 3.03. The van der Waals surface area contributed by atoms with E-state index >= 15 is 0 Å². The number of fused-ring (bicyclic) bond motifs is 3. The van der Waals surface area contributed by atoms with Crippen molar-refractivity contribution in [2.45, 2.75) is 27.3 Å². The smallest absolute Gasteiger partial charge is 0.255 e. The zero-order chi connectivity index (χ0) is 19.4. The van der Waals surface area contributed by atoms with Crippen LogP contribution in [0.5, 0.6) is 0 Å². The van der Waals surface area contributed by atoms with Gasteiger partial charge in [-0.15, -0.1) is 0 Å². The first-order chi connectivity index (χ1) is 13.2. The highest BCUT2D eigenvalue weighted by atomic mass is 35.5. The molecule has 138 valence electrons. The van der Waals surface area contributed by atoms with Gasteiger partial charge >= 0.3 is 0 Å². The molecule has 3 nitrogen and oxygen atoms in total. The van der Waals surface area contributed by atoms with Gasteiger partial charge in [0.05, 0.1) is 0 Å². The number of nitrogens with one attached hydrogen (secondary N) is 1. The van der Waals surface area contributed by atoms with Crippen LogP contribution in [0.15, 0.2) is 66.7 Å². The molecule has 4 heteroatoms. The van der Waals surface area contributed by atoms with Gasteiger partial charge in [-0.05, 0) is 55.5 Å². The molecule has 0 fully saturated rings. The number of para-hydroxylation sites is 1. The van der Waals surface area contributed by atoms with Crippen molar-refractivity contribution >= 4 is 45.0 Å². The Hall–Kier alpha value is -2.78. The van der Waals surface area contributed by atoms with Crippen LogP contribution in [0.2, 0.25) is 5.02 Å². The van der Waals surface area contributed by atoms with E-state index in [1.807, 2.05) is 32.0 Å². The maximum Gasteiger partial charge on any atom is 0.255 e. The van der Waals surface area contributed by atoms with Crippen LogP contribution >= 0.6 is 11.6 Å². The van der Waals surface area contributed by atoms with E-state index in [-0.39, 0.29) is 5.91 Å². The zero-order valence-corrected chi connectivity index (χ0v) is 16.5. The molecule has 0 bridgehead atoms. The third-order valence-corrected chi connectivity index (χ3v) is 4.70. The number of carbonyl (C=O) groups is 1. The molecule has 0 aliphatic rings. The molecule has 1 heterocycles. The molecule has 3 aromatic carbocycles. The summed E-state index contributed by atoms with van der Waals surface area (Å²) < 4.78 is 2.29. The summed E-state index contributed by atoms with van der Waals surface area (Å²) in [6, 6.07) is 21.3. The van der Waals surface area contributed by atoms with Crippen LogP contribution in [-0.2, 0) is 6.54 Å². The first-order valence-electron chi connectivity index (χ1n) is 9.25. The topological polar surface area (TPSA) is 34.0 Å². The number of halogens is 1. The fraction of sp³-hybridized carbons (Fsp3) is 0.174. The average molecular weight is 379 g/mol. The van der Waals surface area contributed by atoms with Crippen LogP contribution < -0.4 is 5.32 Å². The number of anilines is 1. The van der Waals surface area contributed by atoms with Gasteiger partial charge in [-0.2, -0.15) is 0 Å². The third-order valence-electron chi connectivity index (χ3n) is 4.45. The Morgan fingerprint density at radius 2 is 1.59 bits per heavy atom. The standard InChI is InChI=1S/C21H17ClN2O.C2H6/c1-2-24-19-6-4-3-5-17(19)18-13-16(11-12-20(18)24)23-21(25)14-7-9-15(22)10-8-14;1-2/h3-13H,2H2,1H3,(H,23,25);1-2H3. The number of amides is 1. The number of aromatic nitrogens is 1. The second-order valence-electron chi connectivity index (χ2n) is 5.95. The molecule has 27 heavy (non-hydrogen) atoms. The summed E-state index contributed by atoms with van der Waals surface area (Å²) in [7, 11) is 0. The summed E-state index contributed by atoms with van der Waals surface area (Å²) in [6.07, 6.45) is 0. The molecule has 4 aromatic rings. The van der Waals surface area contributed by atoms with Crippen molar-refractivity contribution in [2.75, 3.05) is 5.32 Å². The monoisotopic (exact) mass is 378 g/mol. The predicted octanol–water partition coefficient (Wildman–Crippen LogP) is 6.75. The molecule has 1 amide bonds. The lowest BCUT2D eigenvalue weighted by Crippen LogP contribution is -2.11. The van der Waals surface area contributed by atoms with Crippen LogP contribution in [-0.4, -0.2) is 10.5 Å². The molecule has 0 aliphatic carbocycles. The predicted molar refractivity (Wildman–Crippen MR) is 116 cm³/mol. The molecule has 0 aliphatic heterocycles. The van der Waals surface area contributed by atoms with Crippen molar-refractivity contribution in [3.8, 4) is 0 Å². The molecule has 0 radical (unpaired) electrons. The molecule has 0 saturated heterocycles. The Balaban J connectivity index is 0.00000102. The fourth-order valence-electron chi connectivity index (χ4n) is 3.28. The van der Waals surface area contributed by atoms with Gasteiger partial charge in [0.2, 0.25) is 0 Å². The van der Waals surface area contributed by atoms with Crippen molar-refractivity contribution in [1.29, 1.82) is 0 Å². The van der Waals surface area contributed by atoms with E-state index in [4.69, 9.17) is 11.6 Å². The highest BCUT2D eigenvalue weighted by Gasteiger charge is 2.11. The molecule has 0 spiro atoms. The number of aryl methyl sites for hydroxylation is 1. The molecule has 1 aromatic heterocycles. The van der Waals surface area contributed by atoms with Crippen LogP contribution in [0, 0.1) is 0 Å². The summed E-state index contributed by atoms with van der Waals surface area (Å²) in [5.41, 5.74) is 3.75. The number of rotatable bonds is 3. The van der Waals surface area contributed by atoms with Gasteiger partial charge in [0.25, 0.3) is 5.91 Å². The summed E-state index contributed by atoms with van der Waals surface area (Å²) in [6.45, 7) is 7.04. The lowest BCUT2D eigenvalue weighted by Gasteiger charge is -2.07. The van der Waals surface area contributed by atoms with Gasteiger partial charge in [0.1, 0.15) is 0 Å². The van der Waals surface area contributed by atoms with Crippen molar-refractivity contribution < 1.29 is 4.79 Å². The van der Waals surface area contributed by atoms with Gasteiger partial charge < -0.3 is 9.88 Å². The number of nitrogens with zero attached hydrogens (tertiary/aromatic N) is 1. The van der Waals surface area contributed by atoms with Gasteiger partial charge in [-0.3, -0.25) is 4.79 Å². The van der Waals surface area contributed by atoms with Crippen molar-refractivity contribution in [1.82, 2.24) is 4.57 Å². The lowest BCUT2D eigenvalue weighted by atomic mass is 10.1. The molecule has 0 atom stereocenters. The Kier molecular flexibility index (Phi) is 5.82. The first kappa shape index (κ1) is 19.0. The Morgan fingerprint density at radius 1 is 0.926 bits per heavy atom. The van der Waals surface area contributed by atoms with E-state index in [1.165, 1.54) is 16.4 Å². The number of benzene rings is 3. The summed E-state index contributed by atoms with van der Waals surface area (Å²) in [5.74, 6) is -0.143. The Bertz CT molecular complexity index is 1080. The van der Waals surface area contributed by atoms with Crippen LogP contribution in [0.3, 0.4) is 0 Å². The number of hydrogen-bond acceptors (Lipinski definition) is 1. The van der Waals surface area contributed by atoms with E-state index in [0.717, 1.165) is 17.6 Å². The maximum atomic E-state index is 12.4. The number of carbonyl (C=O) groups excluding carboxylic acids is 1. The van der Waals surface area contributed by atoms with Gasteiger partial charge in [0.15, 0.2) is 0 Å². The van der Waals surface area contributed by atoms with Crippen LogP contribution in [0.4, 0.5) is 5.69 Å². The van der Waals surface area contributed by atoms with Gasteiger partial charge in [-0.1, -0.05) is 43.6 Å². The van der Waals surface area contributed by atoms with Crippen LogP contribution in [0.1, 0.15) is 31.1 Å². The van der Waals surface area contributed by atoms with Crippen LogP contribution in [0.25, 0.3) is 21.8 Å². The Labute approximate surface area is 164 Å². The molecular formula is C23H23ClN2O. The minimum absolute atomic E-state index is 0.143. The summed E-state index contributed by atoms with van der Waals surface area (Å²) >= 11 is 5.88. The van der Waals surface area contributed by atoms with E-state index in [9.17, 15) is 4.79 Å². The zero-order valence-electron chi connectivity index (χ0n) is 15.8. The molecule has 4 rings (SSSR count). The lowest BCUT2D eigenvalue weighted by molar-refractivity contribution is 0.102. The number of hydrogen-bond donors (Lipinski definition) is 1. The minimum atomic E-state index is -0.143. The third kappa shape index (κ3) is 3.69. The Morgan fingerprint density at radius 3 is 2.30 bits per heavy atom. The second-order valence-corrected chi connectivity index (χ2v) is 6.39. The highest BCUT2D eigenvalue weighted by molar-refractivity contribution is 6.30. The first-order valence-corrected chi connectivity index (χ1v) is 9.63. The normalized spacial score (nSPS) is 10.5. The van der Waals surface area contributed by atoms with E-state index in [0.29, 0.717) is 10.6 Å². The molecular weight excluding hydrogens is 356 g/mol. The maximum absolute atomic E-state index is 12.4. The van der Waals surface area contributed by atoms with Gasteiger partial charge in [-0.25, -0.2) is 0 Å². The highest BCUT2D eigenvalue weighted by Crippen LogP contribution is 2.31. The molecule has 0 saturated carbocycles. The molecule has 0 unspecified atom stereocenters. The van der Waals surface area contributed by atoms with Crippen molar-refractivity contribution in [3.05, 3.63) is 77.3 Å². The minimum Gasteiger partial charge on any atom is -0.341 e. The quantitative estimate of drug-likeness (QED) is 0.420. The summed E-state index contributed by atoms with van der Waals surface area (Å²) in [5, 5.41) is 5.93. The van der Waals surface area contributed by atoms with E-state index in [2.05, 4.69) is 41.1 Å².